The highest BCUT2D eigenvalue weighted by atomic mass is 16.4. The van der Waals surface area contributed by atoms with Crippen molar-refractivity contribution in [2.75, 3.05) is 0 Å². The van der Waals surface area contributed by atoms with Gasteiger partial charge in [0.2, 0.25) is 0 Å². The molecule has 0 saturated heterocycles. The van der Waals surface area contributed by atoms with Gasteiger partial charge in [0.05, 0.1) is 0 Å². The Kier molecular flexibility index (Phi) is 3.00. The van der Waals surface area contributed by atoms with Gasteiger partial charge in [-0.1, -0.05) is 54.6 Å². The Morgan fingerprint density at radius 2 is 1.45 bits per heavy atom. The average Bonchev–Trinajstić information content (AvgIpc) is 2.93. The number of rotatable bonds is 2. The first-order chi connectivity index (χ1) is 10.7. The lowest BCUT2D eigenvalue weighted by atomic mass is 9.76. The maximum absolute atomic E-state index is 9.78. The monoisotopic (exact) mass is 288 g/mol. The number of hydrogen-bond acceptors (Lipinski definition) is 3. The quantitative estimate of drug-likeness (QED) is 0.558. The van der Waals surface area contributed by atoms with Gasteiger partial charge < -0.3 is 14.5 Å². The highest BCUT2D eigenvalue weighted by molar-refractivity contribution is 6.63. The lowest BCUT2D eigenvalue weighted by Crippen LogP contribution is -2.30. The molecule has 3 nitrogen and oxygen atoms in total. The van der Waals surface area contributed by atoms with Gasteiger partial charge >= 0.3 is 7.12 Å². The molecule has 1 heterocycles. The Bertz CT molecular complexity index is 958. The van der Waals surface area contributed by atoms with E-state index in [1.807, 2.05) is 66.7 Å². The maximum atomic E-state index is 9.78. The van der Waals surface area contributed by atoms with Gasteiger partial charge in [-0.15, -0.1) is 0 Å². The minimum atomic E-state index is -1.55. The Hall–Kier alpha value is -2.56. The van der Waals surface area contributed by atoms with E-state index in [4.69, 9.17) is 4.42 Å². The van der Waals surface area contributed by atoms with Crippen LogP contribution in [0.2, 0.25) is 0 Å². The van der Waals surface area contributed by atoms with Gasteiger partial charge in [0.15, 0.2) is 0 Å². The second-order valence-electron chi connectivity index (χ2n) is 5.28. The Labute approximate surface area is 127 Å². The standard InChI is InChI=1S/C18H13BO3/c20-19(21)15-10-13(12-6-2-1-3-7-12)11-17-18(15)14-8-4-5-9-16(14)22-17/h1-11,20-21H. The van der Waals surface area contributed by atoms with Crippen molar-refractivity contribution in [2.24, 2.45) is 0 Å². The zero-order valence-corrected chi connectivity index (χ0v) is 11.7. The summed E-state index contributed by atoms with van der Waals surface area (Å²) < 4.78 is 5.88. The fraction of sp³-hybridized carbons (Fsp3) is 0. The molecule has 0 aliphatic carbocycles. The highest BCUT2D eigenvalue weighted by Crippen LogP contribution is 2.31. The second kappa shape index (κ2) is 5.02. The van der Waals surface area contributed by atoms with E-state index in [9.17, 15) is 10.0 Å². The van der Waals surface area contributed by atoms with Crippen molar-refractivity contribution in [1.29, 1.82) is 0 Å². The van der Waals surface area contributed by atoms with Gasteiger partial charge in [0.1, 0.15) is 11.2 Å². The maximum Gasteiger partial charge on any atom is 0.489 e. The zero-order valence-electron chi connectivity index (χ0n) is 11.7. The molecule has 0 atom stereocenters. The fourth-order valence-corrected chi connectivity index (χ4v) is 2.89. The minimum absolute atomic E-state index is 0.460. The van der Waals surface area contributed by atoms with Gasteiger partial charge in [-0.25, -0.2) is 0 Å². The molecule has 0 radical (unpaired) electrons. The second-order valence-corrected chi connectivity index (χ2v) is 5.28. The van der Waals surface area contributed by atoms with E-state index in [0.29, 0.717) is 11.0 Å². The van der Waals surface area contributed by atoms with Gasteiger partial charge in [-0.2, -0.15) is 0 Å². The third-order valence-corrected chi connectivity index (χ3v) is 3.89. The van der Waals surface area contributed by atoms with Crippen LogP contribution in [0.4, 0.5) is 0 Å². The van der Waals surface area contributed by atoms with E-state index in [-0.39, 0.29) is 0 Å². The molecular weight excluding hydrogens is 275 g/mol. The van der Waals surface area contributed by atoms with Gasteiger partial charge in [0, 0.05) is 10.8 Å². The summed E-state index contributed by atoms with van der Waals surface area (Å²) in [6, 6.07) is 21.2. The number of fused-ring (bicyclic) bond motifs is 3. The Morgan fingerprint density at radius 3 is 2.23 bits per heavy atom. The molecule has 3 aromatic carbocycles. The van der Waals surface area contributed by atoms with Crippen molar-refractivity contribution in [2.45, 2.75) is 0 Å². The number of hydrogen-bond donors (Lipinski definition) is 2. The van der Waals surface area contributed by atoms with Crippen molar-refractivity contribution < 1.29 is 14.5 Å². The van der Waals surface area contributed by atoms with Gasteiger partial charge in [0.25, 0.3) is 0 Å². The summed E-state index contributed by atoms with van der Waals surface area (Å²) in [5.74, 6) is 0. The number of furan rings is 1. The smallest absolute Gasteiger partial charge is 0.456 e. The molecule has 0 aliphatic rings. The largest absolute Gasteiger partial charge is 0.489 e. The molecule has 106 valence electrons. The molecule has 0 spiro atoms. The van der Waals surface area contributed by atoms with E-state index in [1.165, 1.54) is 0 Å². The van der Waals surface area contributed by atoms with Crippen LogP contribution in [0, 0.1) is 0 Å². The summed E-state index contributed by atoms with van der Waals surface area (Å²) in [6.45, 7) is 0. The van der Waals surface area contributed by atoms with Crippen LogP contribution in [0.1, 0.15) is 0 Å². The molecular formula is C18H13BO3. The van der Waals surface area contributed by atoms with Crippen LogP contribution in [0.3, 0.4) is 0 Å². The average molecular weight is 288 g/mol. The first-order valence-corrected chi connectivity index (χ1v) is 7.11. The SMILES string of the molecule is OB(O)c1cc(-c2ccccc2)cc2oc3ccccc3c12. The van der Waals surface area contributed by atoms with E-state index < -0.39 is 7.12 Å². The molecule has 4 aromatic rings. The number of benzene rings is 3. The van der Waals surface area contributed by atoms with Crippen molar-refractivity contribution in [1.82, 2.24) is 0 Å². The van der Waals surface area contributed by atoms with Crippen LogP contribution in [-0.2, 0) is 0 Å². The normalized spacial score (nSPS) is 11.2. The molecule has 1 aromatic heterocycles. The predicted molar refractivity (Wildman–Crippen MR) is 89.0 cm³/mol. The van der Waals surface area contributed by atoms with Gasteiger partial charge in [-0.3, -0.25) is 0 Å². The summed E-state index contributed by atoms with van der Waals surface area (Å²) in [5, 5.41) is 21.2. The third-order valence-electron chi connectivity index (χ3n) is 3.89. The van der Waals surface area contributed by atoms with Crippen molar-refractivity contribution >= 4 is 34.5 Å². The van der Waals surface area contributed by atoms with Crippen LogP contribution in [-0.4, -0.2) is 17.2 Å². The summed E-state index contributed by atoms with van der Waals surface area (Å²) in [4.78, 5) is 0. The van der Waals surface area contributed by atoms with E-state index >= 15 is 0 Å². The Morgan fingerprint density at radius 1 is 0.727 bits per heavy atom. The number of para-hydroxylation sites is 1. The molecule has 4 rings (SSSR count). The van der Waals surface area contributed by atoms with E-state index in [0.717, 1.165) is 27.5 Å². The summed E-state index contributed by atoms with van der Waals surface area (Å²) in [5.41, 5.74) is 3.76. The van der Waals surface area contributed by atoms with E-state index in [2.05, 4.69) is 0 Å². The molecule has 0 fully saturated rings. The van der Waals surface area contributed by atoms with E-state index in [1.54, 1.807) is 0 Å². The molecule has 0 saturated carbocycles. The highest BCUT2D eigenvalue weighted by Gasteiger charge is 2.20. The van der Waals surface area contributed by atoms with Gasteiger partial charge in [-0.05, 0) is 28.7 Å². The van der Waals surface area contributed by atoms with Crippen LogP contribution >= 0.6 is 0 Å². The first kappa shape index (κ1) is 13.1. The van der Waals surface area contributed by atoms with Crippen LogP contribution in [0.15, 0.2) is 71.1 Å². The van der Waals surface area contributed by atoms with Crippen molar-refractivity contribution in [3.63, 3.8) is 0 Å². The van der Waals surface area contributed by atoms with Crippen LogP contribution in [0.5, 0.6) is 0 Å². The summed E-state index contributed by atoms with van der Waals surface area (Å²) in [7, 11) is -1.55. The molecule has 0 bridgehead atoms. The first-order valence-electron chi connectivity index (χ1n) is 7.11. The molecule has 4 heteroatoms. The van der Waals surface area contributed by atoms with Crippen LogP contribution in [0.25, 0.3) is 33.1 Å². The Balaban J connectivity index is 2.09. The molecule has 0 unspecified atom stereocenters. The molecule has 2 N–H and O–H groups in total. The molecule has 0 amide bonds. The molecule has 0 aliphatic heterocycles. The summed E-state index contributed by atoms with van der Waals surface area (Å²) in [6.07, 6.45) is 0. The zero-order chi connectivity index (χ0) is 15.1. The fourth-order valence-electron chi connectivity index (χ4n) is 2.89. The van der Waals surface area contributed by atoms with Crippen molar-refractivity contribution in [3.8, 4) is 11.1 Å². The third kappa shape index (κ3) is 2.01. The lowest BCUT2D eigenvalue weighted by Gasteiger charge is -2.07. The van der Waals surface area contributed by atoms with Crippen molar-refractivity contribution in [3.05, 3.63) is 66.7 Å². The predicted octanol–water partition coefficient (Wildman–Crippen LogP) is 2.93. The summed E-state index contributed by atoms with van der Waals surface area (Å²) >= 11 is 0. The topological polar surface area (TPSA) is 53.6 Å². The molecule has 22 heavy (non-hydrogen) atoms. The lowest BCUT2D eigenvalue weighted by molar-refractivity contribution is 0.426. The minimum Gasteiger partial charge on any atom is -0.456 e. The van der Waals surface area contributed by atoms with Crippen LogP contribution < -0.4 is 5.46 Å².